The Balaban J connectivity index is 1.94. The molecular weight excluding hydrogens is 368 g/mol. The smallest absolute Gasteiger partial charge is 0.338 e. The number of benzene rings is 2. The normalized spacial score (nSPS) is 11.3. The van der Waals surface area contributed by atoms with Gasteiger partial charge in [0.05, 0.1) is 10.5 Å². The molecule has 2 rings (SSSR count). The predicted octanol–water partition coefficient (Wildman–Crippen LogP) is 2.29. The van der Waals surface area contributed by atoms with Crippen molar-refractivity contribution in [3.05, 3.63) is 59.7 Å². The molecule has 0 saturated heterocycles. The molecule has 0 aromatic heterocycles. The summed E-state index contributed by atoms with van der Waals surface area (Å²) in [6.45, 7) is 1.57. The molecule has 0 fully saturated rings. The predicted molar refractivity (Wildman–Crippen MR) is 102 cm³/mol. The summed E-state index contributed by atoms with van der Waals surface area (Å²) in [4.78, 5) is 24.0. The Hall–Kier alpha value is -2.71. The molecule has 0 saturated carbocycles. The van der Waals surface area contributed by atoms with Crippen LogP contribution in [0.4, 0.5) is 5.69 Å². The fourth-order valence-electron chi connectivity index (χ4n) is 2.25. The van der Waals surface area contributed by atoms with Gasteiger partial charge in [-0.25, -0.2) is 17.5 Å². The van der Waals surface area contributed by atoms with Crippen molar-refractivity contribution < 1.29 is 22.7 Å². The number of carbonyl (C=O) groups excluding carboxylic acids is 2. The Morgan fingerprint density at radius 2 is 1.74 bits per heavy atom. The molecule has 144 valence electrons. The van der Waals surface area contributed by atoms with Gasteiger partial charge in [0, 0.05) is 19.8 Å². The highest BCUT2D eigenvalue weighted by molar-refractivity contribution is 7.89. The fraction of sp³-hybridized carbons (Fsp3) is 0.263. The number of amides is 1. The lowest BCUT2D eigenvalue weighted by atomic mass is 10.1. The van der Waals surface area contributed by atoms with Crippen molar-refractivity contribution >= 4 is 27.6 Å². The van der Waals surface area contributed by atoms with Gasteiger partial charge in [-0.1, -0.05) is 19.1 Å². The van der Waals surface area contributed by atoms with Crippen LogP contribution in [0.5, 0.6) is 0 Å². The molecule has 27 heavy (non-hydrogen) atoms. The molecular formula is C19H22N2O5S. The van der Waals surface area contributed by atoms with E-state index in [2.05, 4.69) is 5.32 Å². The van der Waals surface area contributed by atoms with Crippen LogP contribution in [0.25, 0.3) is 0 Å². The van der Waals surface area contributed by atoms with Crippen LogP contribution in [-0.4, -0.2) is 45.3 Å². The van der Waals surface area contributed by atoms with Crippen LogP contribution in [-0.2, 0) is 26.0 Å². The highest BCUT2D eigenvalue weighted by Crippen LogP contribution is 2.15. The number of anilines is 1. The van der Waals surface area contributed by atoms with Gasteiger partial charge in [0.2, 0.25) is 10.0 Å². The van der Waals surface area contributed by atoms with E-state index >= 15 is 0 Å². The molecule has 0 spiro atoms. The van der Waals surface area contributed by atoms with E-state index in [0.29, 0.717) is 5.69 Å². The van der Waals surface area contributed by atoms with Crippen molar-refractivity contribution in [2.45, 2.75) is 18.2 Å². The number of aryl methyl sites for hydroxylation is 1. The van der Waals surface area contributed by atoms with Gasteiger partial charge in [0.1, 0.15) is 0 Å². The molecule has 8 heteroatoms. The third-order valence-electron chi connectivity index (χ3n) is 3.82. The molecule has 0 heterocycles. The zero-order chi connectivity index (χ0) is 20.0. The monoisotopic (exact) mass is 390 g/mol. The Morgan fingerprint density at radius 1 is 1.07 bits per heavy atom. The zero-order valence-corrected chi connectivity index (χ0v) is 16.2. The first kappa shape index (κ1) is 20.6. The maximum Gasteiger partial charge on any atom is 0.338 e. The molecule has 0 atom stereocenters. The first-order chi connectivity index (χ1) is 12.7. The summed E-state index contributed by atoms with van der Waals surface area (Å²) in [7, 11) is -0.723. The lowest BCUT2D eigenvalue weighted by Crippen LogP contribution is -2.22. The molecule has 2 aromatic carbocycles. The van der Waals surface area contributed by atoms with Gasteiger partial charge in [0.15, 0.2) is 6.61 Å². The lowest BCUT2D eigenvalue weighted by Gasteiger charge is -2.11. The third kappa shape index (κ3) is 5.38. The van der Waals surface area contributed by atoms with Crippen LogP contribution in [0.3, 0.4) is 0 Å². The SMILES string of the molecule is CCc1cccc(NC(=O)COC(=O)c2ccc(S(=O)(=O)N(C)C)cc2)c1. The summed E-state index contributed by atoms with van der Waals surface area (Å²) in [5.41, 5.74) is 1.87. The average molecular weight is 390 g/mol. The van der Waals surface area contributed by atoms with E-state index < -0.39 is 28.5 Å². The molecule has 0 bridgehead atoms. The highest BCUT2D eigenvalue weighted by Gasteiger charge is 2.18. The summed E-state index contributed by atoms with van der Waals surface area (Å²) >= 11 is 0. The average Bonchev–Trinajstić information content (AvgIpc) is 2.66. The van der Waals surface area contributed by atoms with Crippen LogP contribution >= 0.6 is 0 Å². The number of hydrogen-bond donors (Lipinski definition) is 1. The second kappa shape index (κ2) is 8.79. The summed E-state index contributed by atoms with van der Waals surface area (Å²) < 4.78 is 30.1. The molecule has 2 aromatic rings. The van der Waals surface area contributed by atoms with Crippen molar-refractivity contribution in [3.63, 3.8) is 0 Å². The first-order valence-electron chi connectivity index (χ1n) is 8.32. The highest BCUT2D eigenvalue weighted by atomic mass is 32.2. The molecule has 0 aliphatic rings. The van der Waals surface area contributed by atoms with Crippen molar-refractivity contribution in [3.8, 4) is 0 Å². The lowest BCUT2D eigenvalue weighted by molar-refractivity contribution is -0.119. The summed E-state index contributed by atoms with van der Waals surface area (Å²) in [6.07, 6.45) is 0.845. The first-order valence-corrected chi connectivity index (χ1v) is 9.76. The minimum absolute atomic E-state index is 0.0672. The number of ether oxygens (including phenoxy) is 1. The van der Waals surface area contributed by atoms with Crippen molar-refractivity contribution in [2.24, 2.45) is 0 Å². The van der Waals surface area contributed by atoms with Gasteiger partial charge < -0.3 is 10.1 Å². The second-order valence-electron chi connectivity index (χ2n) is 5.99. The van der Waals surface area contributed by atoms with E-state index in [4.69, 9.17) is 4.74 Å². The molecule has 0 radical (unpaired) electrons. The summed E-state index contributed by atoms with van der Waals surface area (Å²) in [5.74, 6) is -1.16. The fourth-order valence-corrected chi connectivity index (χ4v) is 3.16. The number of hydrogen-bond acceptors (Lipinski definition) is 5. The van der Waals surface area contributed by atoms with E-state index in [9.17, 15) is 18.0 Å². The standard InChI is InChI=1S/C19H22N2O5S/c1-4-14-6-5-7-16(12-14)20-18(22)13-26-19(23)15-8-10-17(11-9-15)27(24,25)21(2)3/h5-12H,4,13H2,1-3H3,(H,20,22). The Bertz CT molecular complexity index is 921. The maximum absolute atomic E-state index is 12.0. The third-order valence-corrected chi connectivity index (χ3v) is 5.65. The van der Waals surface area contributed by atoms with Gasteiger partial charge in [0.25, 0.3) is 5.91 Å². The van der Waals surface area contributed by atoms with Crippen molar-refractivity contribution in [2.75, 3.05) is 26.0 Å². The van der Waals surface area contributed by atoms with Gasteiger partial charge in [-0.3, -0.25) is 4.79 Å². The zero-order valence-electron chi connectivity index (χ0n) is 15.4. The summed E-state index contributed by atoms with van der Waals surface area (Å²) in [6, 6.07) is 12.7. The van der Waals surface area contributed by atoms with Gasteiger partial charge in [-0.15, -0.1) is 0 Å². The number of sulfonamides is 1. The van der Waals surface area contributed by atoms with Crippen LogP contribution in [0.15, 0.2) is 53.4 Å². The van der Waals surface area contributed by atoms with Crippen molar-refractivity contribution in [1.29, 1.82) is 0 Å². The van der Waals surface area contributed by atoms with Gasteiger partial charge in [-0.05, 0) is 48.4 Å². The van der Waals surface area contributed by atoms with E-state index in [1.165, 1.54) is 38.4 Å². The van der Waals surface area contributed by atoms with Crippen LogP contribution < -0.4 is 5.32 Å². The largest absolute Gasteiger partial charge is 0.452 e. The number of nitrogens with one attached hydrogen (secondary N) is 1. The molecule has 7 nitrogen and oxygen atoms in total. The number of esters is 1. The van der Waals surface area contributed by atoms with Crippen LogP contribution in [0, 0.1) is 0 Å². The van der Waals surface area contributed by atoms with E-state index in [1.807, 2.05) is 25.1 Å². The number of nitrogens with zero attached hydrogens (tertiary/aromatic N) is 1. The van der Waals surface area contributed by atoms with Crippen LogP contribution in [0.2, 0.25) is 0 Å². The minimum Gasteiger partial charge on any atom is -0.452 e. The molecule has 0 aliphatic heterocycles. The Morgan fingerprint density at radius 3 is 2.33 bits per heavy atom. The molecule has 1 amide bonds. The number of carbonyl (C=O) groups is 2. The molecule has 0 aliphatic carbocycles. The van der Waals surface area contributed by atoms with E-state index in [1.54, 1.807) is 6.07 Å². The summed E-state index contributed by atoms with van der Waals surface area (Å²) in [5, 5.41) is 2.66. The van der Waals surface area contributed by atoms with Gasteiger partial charge >= 0.3 is 5.97 Å². The Kier molecular flexibility index (Phi) is 6.70. The molecule has 1 N–H and O–H groups in total. The second-order valence-corrected chi connectivity index (χ2v) is 8.14. The van der Waals surface area contributed by atoms with E-state index in [0.717, 1.165) is 16.3 Å². The minimum atomic E-state index is -3.57. The molecule has 0 unspecified atom stereocenters. The van der Waals surface area contributed by atoms with Crippen molar-refractivity contribution in [1.82, 2.24) is 4.31 Å². The number of rotatable bonds is 7. The maximum atomic E-state index is 12.0. The van der Waals surface area contributed by atoms with Crippen LogP contribution in [0.1, 0.15) is 22.8 Å². The van der Waals surface area contributed by atoms with E-state index in [-0.39, 0.29) is 10.5 Å². The topological polar surface area (TPSA) is 92.8 Å². The van der Waals surface area contributed by atoms with Gasteiger partial charge in [-0.2, -0.15) is 0 Å². The Labute approximate surface area is 159 Å². The quantitative estimate of drug-likeness (QED) is 0.732.